The number of hydrogen-bond acceptors (Lipinski definition) is 5. The second-order valence-corrected chi connectivity index (χ2v) is 7.11. The van der Waals surface area contributed by atoms with E-state index in [1.165, 1.54) is 18.1 Å². The van der Waals surface area contributed by atoms with Crippen molar-refractivity contribution >= 4 is 17.8 Å². The maximum absolute atomic E-state index is 12.7. The molecule has 0 atom stereocenters. The Morgan fingerprint density at radius 2 is 1.89 bits per heavy atom. The molecule has 2 aliphatic heterocycles. The topological polar surface area (TPSA) is 80.1 Å². The van der Waals surface area contributed by atoms with E-state index in [0.29, 0.717) is 29.0 Å². The van der Waals surface area contributed by atoms with Gasteiger partial charge in [0.15, 0.2) is 5.76 Å². The quantitative estimate of drug-likeness (QED) is 0.641. The third kappa shape index (κ3) is 3.39. The van der Waals surface area contributed by atoms with Gasteiger partial charge in [-0.3, -0.25) is 4.79 Å². The summed E-state index contributed by atoms with van der Waals surface area (Å²) in [4.78, 5) is 25.6. The lowest BCUT2D eigenvalue weighted by atomic mass is 10.0. The molecule has 0 saturated carbocycles. The van der Waals surface area contributed by atoms with Gasteiger partial charge in [-0.2, -0.15) is 0 Å². The summed E-state index contributed by atoms with van der Waals surface area (Å²) < 4.78 is 10.5. The molecule has 0 amide bonds. The lowest BCUT2D eigenvalue weighted by molar-refractivity contribution is -0.901. The van der Waals surface area contributed by atoms with Crippen LogP contribution in [0.2, 0.25) is 0 Å². The highest BCUT2D eigenvalue weighted by Crippen LogP contribution is 2.38. The molecule has 0 aliphatic carbocycles. The first-order valence-electron chi connectivity index (χ1n) is 9.36. The van der Waals surface area contributed by atoms with E-state index in [9.17, 15) is 14.7 Å². The van der Waals surface area contributed by atoms with Crippen LogP contribution in [0.1, 0.15) is 44.7 Å². The SMILES string of the molecule is COC(=O)c1ccc(C=C2Oc3c(ccc([O-])c3C[NH+]3CCCC3)C2=O)cc1. The Kier molecular flexibility index (Phi) is 4.88. The molecule has 0 unspecified atom stereocenters. The van der Waals surface area contributed by atoms with Crippen molar-refractivity contribution in [3.05, 3.63) is 64.4 Å². The van der Waals surface area contributed by atoms with E-state index < -0.39 is 5.97 Å². The molecule has 0 radical (unpaired) electrons. The van der Waals surface area contributed by atoms with Crippen molar-refractivity contribution in [2.75, 3.05) is 20.2 Å². The van der Waals surface area contributed by atoms with Gasteiger partial charge in [-0.05, 0) is 29.8 Å². The number of quaternary nitrogens is 1. The molecule has 2 aromatic carbocycles. The largest absolute Gasteiger partial charge is 0.872 e. The van der Waals surface area contributed by atoms with Gasteiger partial charge in [-0.25, -0.2) is 4.79 Å². The lowest BCUT2D eigenvalue weighted by Crippen LogP contribution is -3.08. The number of ketones is 1. The number of nitrogens with one attached hydrogen (secondary N) is 1. The fourth-order valence-electron chi connectivity index (χ4n) is 3.74. The molecule has 4 rings (SSSR count). The third-order valence-corrected chi connectivity index (χ3v) is 5.26. The Morgan fingerprint density at radius 3 is 2.57 bits per heavy atom. The van der Waals surface area contributed by atoms with Gasteiger partial charge in [0, 0.05) is 18.4 Å². The van der Waals surface area contributed by atoms with Crippen LogP contribution in [0, 0.1) is 0 Å². The van der Waals surface area contributed by atoms with Crippen molar-refractivity contribution in [1.29, 1.82) is 0 Å². The van der Waals surface area contributed by atoms with Crippen LogP contribution in [0.3, 0.4) is 0 Å². The van der Waals surface area contributed by atoms with Gasteiger partial charge in [0.25, 0.3) is 0 Å². The zero-order valence-electron chi connectivity index (χ0n) is 15.6. The average molecular weight is 379 g/mol. The fraction of sp³-hybridized carbons (Fsp3) is 0.273. The molecule has 2 aliphatic rings. The summed E-state index contributed by atoms with van der Waals surface area (Å²) in [7, 11) is 1.33. The van der Waals surface area contributed by atoms with Crippen molar-refractivity contribution in [2.45, 2.75) is 19.4 Å². The number of carbonyl (C=O) groups excluding carboxylic acids is 2. The van der Waals surface area contributed by atoms with Crippen LogP contribution in [0.25, 0.3) is 6.08 Å². The maximum atomic E-state index is 12.7. The van der Waals surface area contributed by atoms with Crippen molar-refractivity contribution in [3.63, 3.8) is 0 Å². The number of esters is 1. The number of Topliss-reactive ketones (excluding diaryl/α,β-unsaturated/α-hetero) is 1. The molecule has 2 aromatic rings. The maximum Gasteiger partial charge on any atom is 0.337 e. The summed E-state index contributed by atoms with van der Waals surface area (Å²) in [6.45, 7) is 2.65. The minimum atomic E-state index is -0.420. The number of hydrogen-bond donors (Lipinski definition) is 1. The molecule has 0 spiro atoms. The summed E-state index contributed by atoms with van der Waals surface area (Å²) in [6, 6.07) is 9.69. The van der Waals surface area contributed by atoms with Gasteiger partial charge in [0.05, 0.1) is 31.3 Å². The number of ether oxygens (including phenoxy) is 2. The molecule has 6 heteroatoms. The van der Waals surface area contributed by atoms with Crippen LogP contribution in [0.15, 0.2) is 42.2 Å². The van der Waals surface area contributed by atoms with E-state index in [0.717, 1.165) is 31.5 Å². The summed E-state index contributed by atoms with van der Waals surface area (Å²) in [5.41, 5.74) is 2.16. The van der Waals surface area contributed by atoms with E-state index in [4.69, 9.17) is 4.74 Å². The number of carbonyl (C=O) groups is 2. The van der Waals surface area contributed by atoms with Gasteiger partial charge >= 0.3 is 5.97 Å². The zero-order chi connectivity index (χ0) is 19.7. The first kappa shape index (κ1) is 18.3. The third-order valence-electron chi connectivity index (χ3n) is 5.26. The number of methoxy groups -OCH3 is 1. The Bertz CT molecular complexity index is 956. The molecule has 2 heterocycles. The molecule has 1 saturated heterocycles. The number of benzene rings is 2. The number of likely N-dealkylation sites (tertiary alicyclic amines) is 1. The van der Waals surface area contributed by atoms with Crippen LogP contribution in [0.4, 0.5) is 0 Å². The Hall–Kier alpha value is -3.12. The molecule has 1 N–H and O–H groups in total. The predicted molar refractivity (Wildman–Crippen MR) is 100 cm³/mol. The standard InChI is InChI=1S/C22H21NO5/c1-27-22(26)15-6-4-14(5-7-15)12-19-20(25)16-8-9-18(24)17(21(16)28-19)13-23-10-2-3-11-23/h4-9,12,24H,2-3,10-11,13H2,1H3. The first-order valence-corrected chi connectivity index (χ1v) is 9.36. The highest BCUT2D eigenvalue weighted by molar-refractivity contribution is 6.15. The Morgan fingerprint density at radius 1 is 1.18 bits per heavy atom. The van der Waals surface area contributed by atoms with Gasteiger partial charge < -0.3 is 19.5 Å². The summed E-state index contributed by atoms with van der Waals surface area (Å²) in [5, 5.41) is 12.4. The summed E-state index contributed by atoms with van der Waals surface area (Å²) >= 11 is 0. The number of fused-ring (bicyclic) bond motifs is 1. The van der Waals surface area contributed by atoms with Gasteiger partial charge in [-0.1, -0.05) is 23.9 Å². The van der Waals surface area contributed by atoms with Crippen molar-refractivity contribution in [1.82, 2.24) is 0 Å². The Balaban J connectivity index is 1.61. The molecule has 28 heavy (non-hydrogen) atoms. The minimum absolute atomic E-state index is 0.0883. The van der Waals surface area contributed by atoms with Crippen LogP contribution in [-0.2, 0) is 11.3 Å². The number of rotatable bonds is 4. The summed E-state index contributed by atoms with van der Waals surface area (Å²) in [6.07, 6.45) is 3.94. The molecular formula is C22H21NO5. The zero-order valence-corrected chi connectivity index (χ0v) is 15.6. The minimum Gasteiger partial charge on any atom is -0.872 e. The first-order chi connectivity index (χ1) is 13.6. The molecule has 0 bridgehead atoms. The molecule has 144 valence electrons. The fourth-order valence-corrected chi connectivity index (χ4v) is 3.74. The van der Waals surface area contributed by atoms with Gasteiger partial charge in [-0.15, -0.1) is 0 Å². The highest BCUT2D eigenvalue weighted by atomic mass is 16.5. The molecule has 1 fully saturated rings. The van der Waals surface area contributed by atoms with Crippen LogP contribution in [-0.4, -0.2) is 32.0 Å². The normalized spacial score (nSPS) is 17.6. The van der Waals surface area contributed by atoms with Gasteiger partial charge in [0.1, 0.15) is 12.3 Å². The average Bonchev–Trinajstić information content (AvgIpc) is 3.33. The summed E-state index contributed by atoms with van der Waals surface area (Å²) in [5.74, 6) is -0.158. The lowest BCUT2D eigenvalue weighted by Gasteiger charge is -2.19. The van der Waals surface area contributed by atoms with Crippen LogP contribution in [0.5, 0.6) is 11.5 Å². The molecule has 6 nitrogen and oxygen atoms in total. The smallest absolute Gasteiger partial charge is 0.337 e. The second-order valence-electron chi connectivity index (χ2n) is 7.11. The molecule has 0 aromatic heterocycles. The number of allylic oxidation sites excluding steroid dienone is 1. The van der Waals surface area contributed by atoms with E-state index in [1.807, 2.05) is 0 Å². The van der Waals surface area contributed by atoms with E-state index >= 15 is 0 Å². The molecular weight excluding hydrogens is 358 g/mol. The Labute approximate surface area is 163 Å². The second kappa shape index (κ2) is 7.48. The van der Waals surface area contributed by atoms with E-state index in [1.54, 1.807) is 36.4 Å². The predicted octanol–water partition coefficient (Wildman–Crippen LogP) is 1.34. The van der Waals surface area contributed by atoms with Crippen LogP contribution >= 0.6 is 0 Å². The van der Waals surface area contributed by atoms with Crippen molar-refractivity contribution < 1.29 is 29.1 Å². The van der Waals surface area contributed by atoms with E-state index in [-0.39, 0.29) is 17.3 Å². The van der Waals surface area contributed by atoms with Gasteiger partial charge in [0.2, 0.25) is 5.78 Å². The van der Waals surface area contributed by atoms with Crippen molar-refractivity contribution in [3.8, 4) is 11.5 Å². The monoisotopic (exact) mass is 379 g/mol. The van der Waals surface area contributed by atoms with Crippen LogP contribution < -0.4 is 14.7 Å². The van der Waals surface area contributed by atoms with Crippen molar-refractivity contribution in [2.24, 2.45) is 0 Å². The highest BCUT2D eigenvalue weighted by Gasteiger charge is 2.31. The van der Waals surface area contributed by atoms with E-state index in [2.05, 4.69) is 4.74 Å².